The Labute approximate surface area is 129 Å². The molecule has 6 heteroatoms. The van der Waals surface area contributed by atoms with Crippen LogP contribution in [0, 0.1) is 5.41 Å². The Morgan fingerprint density at radius 2 is 1.74 bits per heavy atom. The van der Waals surface area contributed by atoms with Gasteiger partial charge in [0, 0.05) is 21.1 Å². The Balaban J connectivity index is 2.73. The van der Waals surface area contributed by atoms with E-state index in [1.807, 2.05) is 6.07 Å². The molecule has 0 unspecified atom stereocenters. The van der Waals surface area contributed by atoms with Crippen LogP contribution in [-0.2, 0) is 9.53 Å². The Morgan fingerprint density at radius 1 is 1.21 bits per heavy atom. The van der Waals surface area contributed by atoms with Gasteiger partial charge in [0.1, 0.15) is 0 Å². The lowest BCUT2D eigenvalue weighted by Gasteiger charge is -2.21. The number of hydrogen-bond donors (Lipinski definition) is 1. The van der Waals surface area contributed by atoms with E-state index < -0.39 is 5.41 Å². The fourth-order valence-electron chi connectivity index (χ4n) is 1.44. The molecule has 0 aliphatic rings. The number of carbonyl (C=O) groups is 2. The van der Waals surface area contributed by atoms with Gasteiger partial charge in [-0.15, -0.1) is 0 Å². The van der Waals surface area contributed by atoms with E-state index in [4.69, 9.17) is 0 Å². The predicted molar refractivity (Wildman–Crippen MR) is 80.0 cm³/mol. The van der Waals surface area contributed by atoms with Gasteiger partial charge >= 0.3 is 5.97 Å². The lowest BCUT2D eigenvalue weighted by molar-refractivity contribution is -0.150. The monoisotopic (exact) mass is 391 g/mol. The fraction of sp³-hybridized carbons (Fsp3) is 0.385. The molecule has 1 aromatic carbocycles. The van der Waals surface area contributed by atoms with Crippen molar-refractivity contribution in [3.8, 4) is 0 Å². The first-order chi connectivity index (χ1) is 8.76. The number of amides is 1. The summed E-state index contributed by atoms with van der Waals surface area (Å²) in [6.45, 7) is 3.65. The molecule has 0 atom stereocenters. The lowest BCUT2D eigenvalue weighted by atomic mass is 9.93. The highest BCUT2D eigenvalue weighted by Gasteiger charge is 2.29. The van der Waals surface area contributed by atoms with Crippen molar-refractivity contribution in [3.05, 3.63) is 32.7 Å². The van der Waals surface area contributed by atoms with E-state index in [0.717, 1.165) is 8.95 Å². The third kappa shape index (κ3) is 4.62. The Morgan fingerprint density at radius 3 is 2.21 bits per heavy atom. The van der Waals surface area contributed by atoms with Gasteiger partial charge in [0.2, 0.25) is 0 Å². The summed E-state index contributed by atoms with van der Waals surface area (Å²) in [6.07, 6.45) is 0. The summed E-state index contributed by atoms with van der Waals surface area (Å²) in [6, 6.07) is 5.27. The Hall–Kier alpha value is -0.880. The number of esters is 1. The molecule has 0 bridgehead atoms. The van der Waals surface area contributed by atoms with Gasteiger partial charge in [-0.3, -0.25) is 9.59 Å². The first-order valence-electron chi connectivity index (χ1n) is 5.59. The van der Waals surface area contributed by atoms with Crippen molar-refractivity contribution in [1.82, 2.24) is 5.32 Å². The number of rotatable bonds is 4. The topological polar surface area (TPSA) is 55.4 Å². The molecule has 0 saturated carbocycles. The molecule has 1 rings (SSSR count). The standard InChI is InChI=1S/C13H15Br2NO3/c1-13(2,12(18)19-3)7-16-11(17)8-4-9(14)6-10(15)5-8/h4-6H,7H2,1-3H3,(H,16,17). The molecule has 0 fully saturated rings. The van der Waals surface area contributed by atoms with Crippen molar-refractivity contribution < 1.29 is 14.3 Å². The summed E-state index contributed by atoms with van der Waals surface area (Å²) < 4.78 is 6.30. The number of ether oxygens (including phenoxy) is 1. The van der Waals surface area contributed by atoms with Crippen molar-refractivity contribution in [3.63, 3.8) is 0 Å². The maximum atomic E-state index is 12.0. The molecule has 0 aliphatic heterocycles. The summed E-state index contributed by atoms with van der Waals surface area (Å²) in [5, 5.41) is 2.73. The van der Waals surface area contributed by atoms with Crippen LogP contribution in [0.5, 0.6) is 0 Å². The van der Waals surface area contributed by atoms with E-state index in [1.54, 1.807) is 26.0 Å². The largest absolute Gasteiger partial charge is 0.469 e. The molecular formula is C13H15Br2NO3. The second kappa shape index (κ2) is 6.52. The molecule has 1 aromatic rings. The molecule has 1 amide bonds. The Bertz CT molecular complexity index is 480. The second-order valence-corrected chi connectivity index (χ2v) is 6.55. The average molecular weight is 393 g/mol. The van der Waals surface area contributed by atoms with Gasteiger partial charge in [-0.2, -0.15) is 0 Å². The van der Waals surface area contributed by atoms with E-state index in [-0.39, 0.29) is 18.4 Å². The molecule has 19 heavy (non-hydrogen) atoms. The molecule has 0 aliphatic carbocycles. The van der Waals surface area contributed by atoms with Crippen LogP contribution in [-0.4, -0.2) is 25.5 Å². The fourth-order valence-corrected chi connectivity index (χ4v) is 2.73. The minimum atomic E-state index is -0.756. The van der Waals surface area contributed by atoms with Crippen LogP contribution in [0.25, 0.3) is 0 Å². The van der Waals surface area contributed by atoms with Crippen molar-refractivity contribution in [1.29, 1.82) is 0 Å². The molecule has 104 valence electrons. The van der Waals surface area contributed by atoms with Gasteiger partial charge in [-0.1, -0.05) is 31.9 Å². The predicted octanol–water partition coefficient (Wildman–Crippen LogP) is 3.14. The molecule has 0 radical (unpaired) electrons. The van der Waals surface area contributed by atoms with Gasteiger partial charge in [0.05, 0.1) is 12.5 Å². The van der Waals surface area contributed by atoms with Crippen LogP contribution in [0.1, 0.15) is 24.2 Å². The number of nitrogens with one attached hydrogen (secondary N) is 1. The molecule has 4 nitrogen and oxygen atoms in total. The van der Waals surface area contributed by atoms with Gasteiger partial charge in [-0.05, 0) is 32.0 Å². The SMILES string of the molecule is COC(=O)C(C)(C)CNC(=O)c1cc(Br)cc(Br)c1. The highest BCUT2D eigenvalue weighted by molar-refractivity contribution is 9.11. The first-order valence-corrected chi connectivity index (χ1v) is 7.17. The van der Waals surface area contributed by atoms with Crippen LogP contribution in [0.15, 0.2) is 27.1 Å². The maximum Gasteiger partial charge on any atom is 0.313 e. The van der Waals surface area contributed by atoms with Crippen molar-refractivity contribution >= 4 is 43.7 Å². The lowest BCUT2D eigenvalue weighted by Crippen LogP contribution is -2.39. The molecular weight excluding hydrogens is 378 g/mol. The van der Waals surface area contributed by atoms with Gasteiger partial charge in [-0.25, -0.2) is 0 Å². The van der Waals surface area contributed by atoms with Gasteiger partial charge in [0.15, 0.2) is 0 Å². The number of halogens is 2. The average Bonchev–Trinajstić information content (AvgIpc) is 2.33. The van der Waals surface area contributed by atoms with Gasteiger partial charge < -0.3 is 10.1 Å². The minimum Gasteiger partial charge on any atom is -0.469 e. The van der Waals surface area contributed by atoms with Crippen LogP contribution in [0.4, 0.5) is 0 Å². The number of hydrogen-bond acceptors (Lipinski definition) is 3. The van der Waals surface area contributed by atoms with Crippen LogP contribution < -0.4 is 5.32 Å². The van der Waals surface area contributed by atoms with Crippen LogP contribution in [0.3, 0.4) is 0 Å². The summed E-state index contributed by atoms with van der Waals surface area (Å²) in [5.74, 6) is -0.595. The third-order valence-electron chi connectivity index (χ3n) is 2.55. The van der Waals surface area contributed by atoms with Crippen LogP contribution >= 0.6 is 31.9 Å². The van der Waals surface area contributed by atoms with Crippen molar-refractivity contribution in [2.45, 2.75) is 13.8 Å². The molecule has 0 heterocycles. The summed E-state index contributed by atoms with van der Waals surface area (Å²) in [4.78, 5) is 23.5. The minimum absolute atomic E-state index is 0.211. The Kier molecular flexibility index (Phi) is 5.55. The van der Waals surface area contributed by atoms with Crippen molar-refractivity contribution in [2.75, 3.05) is 13.7 Å². The molecule has 1 N–H and O–H groups in total. The smallest absolute Gasteiger partial charge is 0.313 e. The van der Waals surface area contributed by atoms with E-state index in [0.29, 0.717) is 5.56 Å². The normalized spacial score (nSPS) is 11.0. The quantitative estimate of drug-likeness (QED) is 0.800. The zero-order valence-electron chi connectivity index (χ0n) is 10.9. The highest BCUT2D eigenvalue weighted by atomic mass is 79.9. The zero-order valence-corrected chi connectivity index (χ0v) is 14.1. The summed E-state index contributed by atoms with van der Waals surface area (Å²) in [7, 11) is 1.33. The number of carbonyl (C=O) groups excluding carboxylic acids is 2. The highest BCUT2D eigenvalue weighted by Crippen LogP contribution is 2.20. The first kappa shape index (κ1) is 16.2. The summed E-state index contributed by atoms with van der Waals surface area (Å²) in [5.41, 5.74) is -0.241. The summed E-state index contributed by atoms with van der Waals surface area (Å²) >= 11 is 6.64. The third-order valence-corrected chi connectivity index (χ3v) is 3.47. The maximum absolute atomic E-state index is 12.0. The molecule has 0 saturated heterocycles. The van der Waals surface area contributed by atoms with E-state index in [9.17, 15) is 9.59 Å². The zero-order chi connectivity index (χ0) is 14.6. The number of methoxy groups -OCH3 is 1. The van der Waals surface area contributed by atoms with Crippen LogP contribution in [0.2, 0.25) is 0 Å². The van der Waals surface area contributed by atoms with Crippen molar-refractivity contribution in [2.24, 2.45) is 5.41 Å². The molecule has 0 aromatic heterocycles. The molecule has 0 spiro atoms. The second-order valence-electron chi connectivity index (χ2n) is 4.72. The van der Waals surface area contributed by atoms with Gasteiger partial charge in [0.25, 0.3) is 5.91 Å². The van der Waals surface area contributed by atoms with E-state index >= 15 is 0 Å². The number of benzene rings is 1. The van der Waals surface area contributed by atoms with E-state index in [2.05, 4.69) is 41.9 Å². The van der Waals surface area contributed by atoms with E-state index in [1.165, 1.54) is 7.11 Å².